The minimum Gasteiger partial charge on any atom is -0.497 e. The summed E-state index contributed by atoms with van der Waals surface area (Å²) in [6.07, 6.45) is 4.01. The van der Waals surface area contributed by atoms with E-state index in [-0.39, 0.29) is 11.7 Å². The lowest BCUT2D eigenvalue weighted by molar-refractivity contribution is -0.119. The predicted octanol–water partition coefficient (Wildman–Crippen LogP) is 3.87. The van der Waals surface area contributed by atoms with Crippen molar-refractivity contribution in [3.8, 4) is 11.5 Å². The molecule has 1 aliphatic rings. The summed E-state index contributed by atoms with van der Waals surface area (Å²) < 4.78 is 35.5. The Morgan fingerprint density at radius 2 is 1.52 bits per heavy atom. The summed E-state index contributed by atoms with van der Waals surface area (Å²) in [4.78, 5) is 24.4. The van der Waals surface area contributed by atoms with Crippen molar-refractivity contribution in [2.45, 2.75) is 26.3 Å². The van der Waals surface area contributed by atoms with Gasteiger partial charge in [0.15, 0.2) is 5.78 Å². The second-order valence-electron chi connectivity index (χ2n) is 10.2. The van der Waals surface area contributed by atoms with Crippen LogP contribution in [0.3, 0.4) is 0 Å². The van der Waals surface area contributed by atoms with Crippen molar-refractivity contribution in [3.05, 3.63) is 59.8 Å². The molecule has 1 aromatic heterocycles. The van der Waals surface area contributed by atoms with E-state index in [0.717, 1.165) is 43.5 Å². The highest BCUT2D eigenvalue weighted by Gasteiger charge is 2.21. The van der Waals surface area contributed by atoms with E-state index in [1.54, 1.807) is 31.4 Å². The van der Waals surface area contributed by atoms with Crippen LogP contribution in [0.4, 0.5) is 0 Å². The van der Waals surface area contributed by atoms with Crippen LogP contribution in [-0.4, -0.2) is 89.4 Å². The van der Waals surface area contributed by atoms with Crippen LogP contribution in [0.25, 0.3) is 10.9 Å². The number of methoxy groups -OCH3 is 1. The predicted molar refractivity (Wildman–Crippen MR) is 159 cm³/mol. The van der Waals surface area contributed by atoms with Gasteiger partial charge in [-0.1, -0.05) is 0 Å². The first-order valence-corrected chi connectivity index (χ1v) is 14.5. The van der Waals surface area contributed by atoms with Gasteiger partial charge in [-0.3, -0.25) is 9.59 Å². The molecular formula is C32H42N2O8. The average molecular weight is 583 g/mol. The van der Waals surface area contributed by atoms with Crippen molar-refractivity contribution in [2.75, 3.05) is 73.1 Å². The molecule has 42 heavy (non-hydrogen) atoms. The first kappa shape index (κ1) is 31.5. The molecule has 2 heterocycles. The van der Waals surface area contributed by atoms with E-state index in [2.05, 4.69) is 9.88 Å². The van der Waals surface area contributed by atoms with Crippen LogP contribution in [0, 0.1) is 5.92 Å². The fourth-order valence-electron chi connectivity index (χ4n) is 4.86. The first-order chi connectivity index (χ1) is 20.5. The van der Waals surface area contributed by atoms with Crippen molar-refractivity contribution in [3.63, 3.8) is 0 Å². The summed E-state index contributed by atoms with van der Waals surface area (Å²) in [5, 5.41) is 3.54. The molecule has 0 unspecified atom stereocenters. The lowest BCUT2D eigenvalue weighted by Gasteiger charge is -2.22. The summed E-state index contributed by atoms with van der Waals surface area (Å²) in [5.74, 6) is 1.81. The smallest absolute Gasteiger partial charge is 0.216 e. The van der Waals surface area contributed by atoms with Crippen LogP contribution in [0.5, 0.6) is 11.5 Å². The van der Waals surface area contributed by atoms with E-state index in [1.165, 1.54) is 6.92 Å². The highest BCUT2D eigenvalue weighted by Crippen LogP contribution is 2.30. The number of aromatic nitrogens is 1. The summed E-state index contributed by atoms with van der Waals surface area (Å²) in [6.45, 7) is 7.46. The third kappa shape index (κ3) is 9.55. The number of amides is 1. The van der Waals surface area contributed by atoms with E-state index in [0.29, 0.717) is 81.3 Å². The molecule has 0 saturated carbocycles. The van der Waals surface area contributed by atoms with Gasteiger partial charge in [-0.2, -0.15) is 0 Å². The largest absolute Gasteiger partial charge is 0.497 e. The minimum absolute atomic E-state index is 0.0352. The molecule has 228 valence electrons. The van der Waals surface area contributed by atoms with Crippen LogP contribution in [0.15, 0.2) is 48.7 Å². The van der Waals surface area contributed by atoms with Gasteiger partial charge in [-0.25, -0.2) is 0 Å². The van der Waals surface area contributed by atoms with Gasteiger partial charge in [0.1, 0.15) is 18.1 Å². The van der Waals surface area contributed by atoms with Crippen molar-refractivity contribution < 1.29 is 38.0 Å². The molecule has 10 heteroatoms. The summed E-state index contributed by atoms with van der Waals surface area (Å²) >= 11 is 0. The van der Waals surface area contributed by atoms with Gasteiger partial charge in [-0.15, -0.1) is 0 Å². The lowest BCUT2D eigenvalue weighted by Crippen LogP contribution is -2.25. The molecule has 1 amide bonds. The Bertz CT molecular complexity index is 1270. The van der Waals surface area contributed by atoms with Gasteiger partial charge in [0.2, 0.25) is 5.91 Å². The monoisotopic (exact) mass is 582 g/mol. The lowest BCUT2D eigenvalue weighted by atomic mass is 10.0. The number of fused-ring (bicyclic) bond motifs is 1. The SMILES string of the molecule is COc1ccc(C(=O)c2cn(CC3CCOCC3)c3ccc(OCCOCCOCCOCCNC(C)=O)cc23)cc1. The molecular weight excluding hydrogens is 540 g/mol. The number of ketones is 1. The molecule has 2 aromatic carbocycles. The molecule has 1 N–H and O–H groups in total. The van der Waals surface area contributed by atoms with Gasteiger partial charge in [-0.05, 0) is 61.2 Å². The molecule has 1 fully saturated rings. The summed E-state index contributed by atoms with van der Waals surface area (Å²) in [7, 11) is 1.61. The number of carbonyl (C=O) groups excluding carboxylic acids is 2. The third-order valence-electron chi connectivity index (χ3n) is 7.11. The molecule has 0 atom stereocenters. The van der Waals surface area contributed by atoms with E-state index in [9.17, 15) is 9.59 Å². The molecule has 1 saturated heterocycles. The zero-order valence-corrected chi connectivity index (χ0v) is 24.6. The van der Waals surface area contributed by atoms with Crippen molar-refractivity contribution in [1.82, 2.24) is 9.88 Å². The molecule has 0 aliphatic carbocycles. The standard InChI is InChI=1S/C32H42N2O8/c1-24(35)33-11-14-39-15-16-40-17-18-41-19-20-42-28-7-8-31-29(21-28)30(23-34(31)22-25-9-12-38-13-10-25)32(36)26-3-5-27(37-2)6-4-26/h3-8,21,23,25H,9-20,22H2,1-2H3,(H,33,35). The Balaban J connectivity index is 1.29. The Hall–Kier alpha value is -3.44. The van der Waals surface area contributed by atoms with Crippen LogP contribution in [0.1, 0.15) is 35.7 Å². The average Bonchev–Trinajstić information content (AvgIpc) is 3.36. The zero-order valence-electron chi connectivity index (χ0n) is 24.6. The van der Waals surface area contributed by atoms with Crippen LogP contribution < -0.4 is 14.8 Å². The van der Waals surface area contributed by atoms with Gasteiger partial charge in [0.25, 0.3) is 0 Å². The van der Waals surface area contributed by atoms with Crippen molar-refractivity contribution >= 4 is 22.6 Å². The number of nitrogens with one attached hydrogen (secondary N) is 1. The van der Waals surface area contributed by atoms with Crippen molar-refractivity contribution in [1.29, 1.82) is 0 Å². The highest BCUT2D eigenvalue weighted by atomic mass is 16.6. The third-order valence-corrected chi connectivity index (χ3v) is 7.11. The molecule has 0 bridgehead atoms. The number of hydrogen-bond acceptors (Lipinski definition) is 8. The van der Waals surface area contributed by atoms with E-state index >= 15 is 0 Å². The number of benzene rings is 2. The maximum atomic E-state index is 13.6. The fraction of sp³-hybridized carbons (Fsp3) is 0.500. The topological polar surface area (TPSA) is 106 Å². The molecule has 0 spiro atoms. The Labute approximate surface area is 247 Å². The van der Waals surface area contributed by atoms with E-state index in [1.807, 2.05) is 24.4 Å². The number of ether oxygens (including phenoxy) is 6. The normalized spacial score (nSPS) is 13.8. The van der Waals surface area contributed by atoms with Gasteiger partial charge in [0, 0.05) is 61.5 Å². The Morgan fingerprint density at radius 3 is 2.19 bits per heavy atom. The van der Waals surface area contributed by atoms with Crippen molar-refractivity contribution in [2.24, 2.45) is 5.92 Å². The fourth-order valence-corrected chi connectivity index (χ4v) is 4.86. The maximum Gasteiger partial charge on any atom is 0.216 e. The number of carbonyl (C=O) groups is 2. The summed E-state index contributed by atoms with van der Waals surface area (Å²) in [6, 6.07) is 13.1. The Morgan fingerprint density at radius 1 is 0.881 bits per heavy atom. The van der Waals surface area contributed by atoms with Gasteiger partial charge >= 0.3 is 0 Å². The molecule has 3 aromatic rings. The molecule has 4 rings (SSSR count). The van der Waals surface area contributed by atoms with E-state index in [4.69, 9.17) is 28.4 Å². The zero-order chi connectivity index (χ0) is 29.6. The van der Waals surface area contributed by atoms with Gasteiger partial charge in [0.05, 0.1) is 46.8 Å². The number of hydrogen-bond donors (Lipinski definition) is 1. The summed E-state index contributed by atoms with van der Waals surface area (Å²) in [5.41, 5.74) is 2.28. The quantitative estimate of drug-likeness (QED) is 0.178. The van der Waals surface area contributed by atoms with Crippen LogP contribution in [0.2, 0.25) is 0 Å². The molecule has 10 nitrogen and oxygen atoms in total. The molecule has 1 aliphatic heterocycles. The second kappa shape index (κ2) is 16.9. The highest BCUT2D eigenvalue weighted by molar-refractivity contribution is 6.16. The first-order valence-electron chi connectivity index (χ1n) is 14.5. The minimum atomic E-state index is -0.0682. The number of nitrogens with zero attached hydrogens (tertiary/aromatic N) is 1. The van der Waals surface area contributed by atoms with E-state index < -0.39 is 0 Å². The van der Waals surface area contributed by atoms with Crippen LogP contribution in [-0.2, 0) is 30.3 Å². The second-order valence-corrected chi connectivity index (χ2v) is 10.2. The van der Waals surface area contributed by atoms with Crippen LogP contribution >= 0.6 is 0 Å². The number of rotatable bonds is 18. The Kier molecular flexibility index (Phi) is 12.6. The van der Waals surface area contributed by atoms with Gasteiger partial charge < -0.3 is 38.3 Å². The maximum absolute atomic E-state index is 13.6. The molecule has 0 radical (unpaired) electrons.